The molecule has 1 aliphatic carbocycles. The van der Waals surface area contributed by atoms with Crippen molar-refractivity contribution >= 4 is 17.8 Å². The van der Waals surface area contributed by atoms with Crippen molar-refractivity contribution in [3.8, 4) is 0 Å². The minimum atomic E-state index is -1.26. The van der Waals surface area contributed by atoms with Gasteiger partial charge in [0.1, 0.15) is 12.3 Å². The summed E-state index contributed by atoms with van der Waals surface area (Å²) in [4.78, 5) is 37.5. The van der Waals surface area contributed by atoms with E-state index in [0.717, 1.165) is 30.6 Å². The standard InChI is InChI=1S/C15H19N3O4/c1-15(11-7-4-8-22-11)13(20)18(14(21)17-15)9-12(19)16-10-5-2-3-6-10/h4,7-8,10H,2-3,5-6,9H2,1H3,(H,16,19)(H,17,21). The fraction of sp³-hybridized carbons (Fsp3) is 0.533. The molecule has 0 bridgehead atoms. The lowest BCUT2D eigenvalue weighted by Gasteiger charge is -2.19. The fourth-order valence-corrected chi connectivity index (χ4v) is 3.06. The van der Waals surface area contributed by atoms with E-state index in [0.29, 0.717) is 5.76 Å². The molecular weight excluding hydrogens is 286 g/mol. The Labute approximate surface area is 128 Å². The highest BCUT2D eigenvalue weighted by Crippen LogP contribution is 2.28. The van der Waals surface area contributed by atoms with Gasteiger partial charge in [0.2, 0.25) is 5.91 Å². The van der Waals surface area contributed by atoms with Gasteiger partial charge in [-0.1, -0.05) is 12.8 Å². The number of nitrogens with zero attached hydrogens (tertiary/aromatic N) is 1. The smallest absolute Gasteiger partial charge is 0.325 e. The summed E-state index contributed by atoms with van der Waals surface area (Å²) in [5, 5.41) is 5.47. The SMILES string of the molecule is CC1(c2ccco2)NC(=O)N(CC(=O)NC2CCCC2)C1=O. The molecule has 1 aromatic heterocycles. The molecule has 3 rings (SSSR count). The molecule has 1 aliphatic heterocycles. The molecule has 1 atom stereocenters. The highest BCUT2D eigenvalue weighted by molar-refractivity contribution is 6.08. The van der Waals surface area contributed by atoms with E-state index < -0.39 is 17.5 Å². The van der Waals surface area contributed by atoms with Crippen molar-refractivity contribution in [1.29, 1.82) is 0 Å². The Hall–Kier alpha value is -2.31. The third-order valence-electron chi connectivity index (χ3n) is 4.31. The van der Waals surface area contributed by atoms with Gasteiger partial charge in [0.25, 0.3) is 5.91 Å². The van der Waals surface area contributed by atoms with E-state index in [1.807, 2.05) is 0 Å². The Balaban J connectivity index is 1.68. The lowest BCUT2D eigenvalue weighted by atomic mass is 9.99. The number of imide groups is 1. The third kappa shape index (κ3) is 2.47. The number of hydrogen-bond acceptors (Lipinski definition) is 4. The lowest BCUT2D eigenvalue weighted by molar-refractivity contribution is -0.135. The van der Waals surface area contributed by atoms with E-state index in [1.54, 1.807) is 19.1 Å². The zero-order valence-electron chi connectivity index (χ0n) is 12.4. The van der Waals surface area contributed by atoms with Crippen LogP contribution in [0.2, 0.25) is 0 Å². The minimum absolute atomic E-state index is 0.157. The van der Waals surface area contributed by atoms with Gasteiger partial charge in [0.15, 0.2) is 5.54 Å². The van der Waals surface area contributed by atoms with E-state index in [-0.39, 0.29) is 18.5 Å². The molecule has 1 saturated heterocycles. The fourth-order valence-electron chi connectivity index (χ4n) is 3.06. The summed E-state index contributed by atoms with van der Waals surface area (Å²) in [6, 6.07) is 2.85. The molecule has 1 unspecified atom stereocenters. The Bertz CT molecular complexity index is 592. The highest BCUT2D eigenvalue weighted by atomic mass is 16.3. The number of urea groups is 1. The average molecular weight is 305 g/mol. The van der Waals surface area contributed by atoms with Gasteiger partial charge in [0.05, 0.1) is 6.26 Å². The van der Waals surface area contributed by atoms with Crippen LogP contribution in [0.1, 0.15) is 38.4 Å². The second-order valence-corrected chi connectivity index (χ2v) is 5.97. The molecule has 7 nitrogen and oxygen atoms in total. The molecule has 0 radical (unpaired) electrons. The number of nitrogens with one attached hydrogen (secondary N) is 2. The summed E-state index contributed by atoms with van der Waals surface area (Å²) in [5.74, 6) is -0.433. The number of carbonyl (C=O) groups is 3. The maximum absolute atomic E-state index is 12.5. The molecular formula is C15H19N3O4. The first-order valence-corrected chi connectivity index (χ1v) is 7.48. The van der Waals surface area contributed by atoms with Crippen molar-refractivity contribution in [2.45, 2.75) is 44.2 Å². The Morgan fingerprint density at radius 1 is 1.45 bits per heavy atom. The maximum atomic E-state index is 12.5. The number of amides is 4. The van der Waals surface area contributed by atoms with Crippen molar-refractivity contribution in [2.75, 3.05) is 6.54 Å². The molecule has 1 aromatic rings. The van der Waals surface area contributed by atoms with E-state index in [4.69, 9.17) is 4.42 Å². The van der Waals surface area contributed by atoms with Crippen molar-refractivity contribution in [1.82, 2.24) is 15.5 Å². The van der Waals surface area contributed by atoms with Gasteiger partial charge in [-0.15, -0.1) is 0 Å². The molecule has 2 aliphatic rings. The van der Waals surface area contributed by atoms with E-state index in [9.17, 15) is 14.4 Å². The first-order valence-electron chi connectivity index (χ1n) is 7.48. The normalized spacial score (nSPS) is 25.6. The predicted molar refractivity (Wildman–Crippen MR) is 76.7 cm³/mol. The molecule has 0 spiro atoms. The van der Waals surface area contributed by atoms with Crippen LogP contribution < -0.4 is 10.6 Å². The second kappa shape index (κ2) is 5.47. The van der Waals surface area contributed by atoms with Crippen molar-refractivity contribution in [3.63, 3.8) is 0 Å². The molecule has 0 aromatic carbocycles. The monoisotopic (exact) mass is 305 g/mol. The molecule has 2 heterocycles. The molecule has 1 saturated carbocycles. The van der Waals surface area contributed by atoms with Crippen molar-refractivity contribution < 1.29 is 18.8 Å². The Morgan fingerprint density at radius 3 is 2.82 bits per heavy atom. The molecule has 4 amide bonds. The van der Waals surface area contributed by atoms with Crippen LogP contribution >= 0.6 is 0 Å². The zero-order valence-corrected chi connectivity index (χ0v) is 12.4. The van der Waals surface area contributed by atoms with Gasteiger partial charge in [-0.05, 0) is 31.9 Å². The number of hydrogen-bond donors (Lipinski definition) is 2. The largest absolute Gasteiger partial charge is 0.466 e. The summed E-state index contributed by atoms with van der Waals surface area (Å²) in [5.41, 5.74) is -1.26. The van der Waals surface area contributed by atoms with Crippen LogP contribution in [0.5, 0.6) is 0 Å². The molecule has 118 valence electrons. The van der Waals surface area contributed by atoms with Crippen LogP contribution in [-0.4, -0.2) is 35.3 Å². The Kier molecular flexibility index (Phi) is 3.64. The van der Waals surface area contributed by atoms with Gasteiger partial charge in [-0.25, -0.2) is 4.79 Å². The van der Waals surface area contributed by atoms with Crippen LogP contribution in [0.15, 0.2) is 22.8 Å². The zero-order chi connectivity index (χ0) is 15.7. The van der Waals surface area contributed by atoms with Gasteiger partial charge >= 0.3 is 6.03 Å². The maximum Gasteiger partial charge on any atom is 0.325 e. The molecule has 2 fully saturated rings. The van der Waals surface area contributed by atoms with Crippen LogP contribution in [0.4, 0.5) is 4.79 Å². The minimum Gasteiger partial charge on any atom is -0.466 e. The summed E-state index contributed by atoms with van der Waals surface area (Å²) in [7, 11) is 0. The number of rotatable bonds is 4. The summed E-state index contributed by atoms with van der Waals surface area (Å²) < 4.78 is 5.24. The van der Waals surface area contributed by atoms with Gasteiger partial charge in [-0.3, -0.25) is 14.5 Å². The second-order valence-electron chi connectivity index (χ2n) is 5.97. The van der Waals surface area contributed by atoms with Crippen molar-refractivity contribution in [2.24, 2.45) is 0 Å². The highest BCUT2D eigenvalue weighted by Gasteiger charge is 2.51. The van der Waals surface area contributed by atoms with Crippen LogP contribution in [0.3, 0.4) is 0 Å². The van der Waals surface area contributed by atoms with Crippen LogP contribution in [0, 0.1) is 0 Å². The molecule has 22 heavy (non-hydrogen) atoms. The number of carbonyl (C=O) groups excluding carboxylic acids is 3. The van der Waals surface area contributed by atoms with E-state index >= 15 is 0 Å². The average Bonchev–Trinajstić information content (AvgIpc) is 3.19. The third-order valence-corrected chi connectivity index (χ3v) is 4.31. The van der Waals surface area contributed by atoms with Crippen LogP contribution in [-0.2, 0) is 15.1 Å². The lowest BCUT2D eigenvalue weighted by Crippen LogP contribution is -2.44. The quantitative estimate of drug-likeness (QED) is 0.815. The first kappa shape index (κ1) is 14.6. The summed E-state index contributed by atoms with van der Waals surface area (Å²) in [6.45, 7) is 1.30. The Morgan fingerprint density at radius 2 is 2.18 bits per heavy atom. The van der Waals surface area contributed by atoms with Crippen molar-refractivity contribution in [3.05, 3.63) is 24.2 Å². The molecule has 2 N–H and O–H groups in total. The molecule has 7 heteroatoms. The summed E-state index contributed by atoms with van der Waals surface area (Å²) >= 11 is 0. The van der Waals surface area contributed by atoms with E-state index in [2.05, 4.69) is 10.6 Å². The van der Waals surface area contributed by atoms with Gasteiger partial charge in [0, 0.05) is 6.04 Å². The predicted octanol–water partition coefficient (Wildman–Crippen LogP) is 1.11. The van der Waals surface area contributed by atoms with E-state index in [1.165, 1.54) is 6.26 Å². The van der Waals surface area contributed by atoms with Gasteiger partial charge in [-0.2, -0.15) is 0 Å². The van der Waals surface area contributed by atoms with Crippen LogP contribution in [0.25, 0.3) is 0 Å². The summed E-state index contributed by atoms with van der Waals surface area (Å²) in [6.07, 6.45) is 5.55. The van der Waals surface area contributed by atoms with Gasteiger partial charge < -0.3 is 15.1 Å². The number of furan rings is 1. The first-order chi connectivity index (χ1) is 10.5. The topological polar surface area (TPSA) is 91.7 Å².